The summed E-state index contributed by atoms with van der Waals surface area (Å²) < 4.78 is 14.3. The number of hydrogen-bond donors (Lipinski definition) is 2. The number of carbonyl (C=O) groups is 3. The lowest BCUT2D eigenvalue weighted by Crippen LogP contribution is -2.58. The van der Waals surface area contributed by atoms with Gasteiger partial charge in [-0.1, -0.05) is 48.0 Å². The van der Waals surface area contributed by atoms with E-state index in [0.29, 0.717) is 37.9 Å². The molecule has 2 aromatic carbocycles. The molecular formula is C24H26FN3O3. The Bertz CT molecular complexity index is 1020. The third-order valence-corrected chi connectivity index (χ3v) is 6.38. The Morgan fingerprint density at radius 3 is 2.52 bits per heavy atom. The van der Waals surface area contributed by atoms with Gasteiger partial charge in [0.15, 0.2) is 0 Å². The van der Waals surface area contributed by atoms with Gasteiger partial charge in [-0.25, -0.2) is 9.18 Å². The van der Waals surface area contributed by atoms with Crippen molar-refractivity contribution < 1.29 is 18.8 Å². The van der Waals surface area contributed by atoms with Crippen LogP contribution < -0.4 is 10.6 Å². The lowest BCUT2D eigenvalue weighted by Gasteiger charge is -2.40. The molecule has 162 valence electrons. The van der Waals surface area contributed by atoms with Gasteiger partial charge >= 0.3 is 6.03 Å². The molecule has 0 unspecified atom stereocenters. The molecule has 2 aromatic rings. The molecule has 2 saturated heterocycles. The number of piperidine rings is 1. The topological polar surface area (TPSA) is 78.5 Å². The fourth-order valence-corrected chi connectivity index (χ4v) is 4.73. The summed E-state index contributed by atoms with van der Waals surface area (Å²) in [7, 11) is 0. The fraction of sp³-hybridized carbons (Fsp3) is 0.375. The molecule has 31 heavy (non-hydrogen) atoms. The summed E-state index contributed by atoms with van der Waals surface area (Å²) in [5.74, 6) is -0.972. The number of urea groups is 1. The average Bonchev–Trinajstić information content (AvgIpc) is 3.03. The van der Waals surface area contributed by atoms with Crippen LogP contribution in [-0.4, -0.2) is 41.4 Å². The summed E-state index contributed by atoms with van der Waals surface area (Å²) in [6, 6.07) is 13.6. The molecule has 0 aliphatic carbocycles. The number of halogens is 1. The van der Waals surface area contributed by atoms with Crippen molar-refractivity contribution in [2.75, 3.05) is 13.1 Å². The summed E-state index contributed by atoms with van der Waals surface area (Å²) in [6.07, 6.45) is 1.53. The molecule has 2 fully saturated rings. The summed E-state index contributed by atoms with van der Waals surface area (Å²) in [4.78, 5) is 39.4. The molecule has 2 N–H and O–H groups in total. The average molecular weight is 423 g/mol. The first kappa shape index (κ1) is 21.0. The number of nitrogens with zero attached hydrogens (tertiary/aromatic N) is 1. The van der Waals surface area contributed by atoms with E-state index in [1.165, 1.54) is 6.07 Å². The van der Waals surface area contributed by atoms with Crippen LogP contribution >= 0.6 is 0 Å². The number of rotatable bonds is 5. The SMILES string of the molecule is Cc1cccc(CC(=O)N2CCC([C@]3(Cc4ccccc4F)NC(=O)NC3=O)CC2)c1. The molecule has 0 radical (unpaired) electrons. The van der Waals surface area contributed by atoms with Gasteiger partial charge in [0.25, 0.3) is 5.91 Å². The highest BCUT2D eigenvalue weighted by Gasteiger charge is 2.52. The van der Waals surface area contributed by atoms with Crippen molar-refractivity contribution in [1.82, 2.24) is 15.5 Å². The van der Waals surface area contributed by atoms with Crippen LogP contribution in [0.3, 0.4) is 0 Å². The number of imide groups is 1. The van der Waals surface area contributed by atoms with Crippen molar-refractivity contribution in [3.63, 3.8) is 0 Å². The normalized spacial score (nSPS) is 21.7. The van der Waals surface area contributed by atoms with E-state index >= 15 is 0 Å². The molecule has 4 amide bonds. The van der Waals surface area contributed by atoms with Gasteiger partial charge in [0.2, 0.25) is 5.91 Å². The van der Waals surface area contributed by atoms with Gasteiger partial charge in [-0.15, -0.1) is 0 Å². The number of carbonyl (C=O) groups excluding carboxylic acids is 3. The van der Waals surface area contributed by atoms with Crippen molar-refractivity contribution in [3.05, 3.63) is 71.0 Å². The maximum absolute atomic E-state index is 14.3. The standard InChI is InChI=1S/C24H26FN3O3/c1-16-5-4-6-17(13-16)14-21(29)28-11-9-19(10-12-28)24(22(30)26-23(31)27-24)15-18-7-2-3-8-20(18)25/h2-8,13,19H,9-12,14-15H2,1H3,(H2,26,27,30,31)/t24-/m0/s1. The Morgan fingerprint density at radius 2 is 1.87 bits per heavy atom. The van der Waals surface area contributed by atoms with Gasteiger partial charge in [0.1, 0.15) is 11.4 Å². The zero-order valence-electron chi connectivity index (χ0n) is 17.5. The second-order valence-corrected chi connectivity index (χ2v) is 8.47. The zero-order valence-corrected chi connectivity index (χ0v) is 17.5. The first-order valence-electron chi connectivity index (χ1n) is 10.6. The van der Waals surface area contributed by atoms with E-state index in [2.05, 4.69) is 10.6 Å². The summed E-state index contributed by atoms with van der Waals surface area (Å²) in [5.41, 5.74) is 1.27. The number of hydrogen-bond acceptors (Lipinski definition) is 3. The third-order valence-electron chi connectivity index (χ3n) is 6.38. The Balaban J connectivity index is 1.47. The molecule has 0 saturated carbocycles. The van der Waals surface area contributed by atoms with Crippen LogP contribution in [0.4, 0.5) is 9.18 Å². The second-order valence-electron chi connectivity index (χ2n) is 8.47. The largest absolute Gasteiger partial charge is 0.342 e. The summed E-state index contributed by atoms with van der Waals surface area (Å²) >= 11 is 0. The predicted octanol–water partition coefficient (Wildman–Crippen LogP) is 2.74. The van der Waals surface area contributed by atoms with Gasteiger partial charge in [-0.2, -0.15) is 0 Å². The van der Waals surface area contributed by atoms with Crippen LogP contribution in [0, 0.1) is 18.7 Å². The van der Waals surface area contributed by atoms with E-state index in [1.807, 2.05) is 36.1 Å². The quantitative estimate of drug-likeness (QED) is 0.726. The third kappa shape index (κ3) is 4.31. The number of likely N-dealkylation sites (tertiary alicyclic amines) is 1. The van der Waals surface area contributed by atoms with Crippen LogP contribution in [0.5, 0.6) is 0 Å². The van der Waals surface area contributed by atoms with E-state index in [4.69, 9.17) is 0 Å². The Kier molecular flexibility index (Phi) is 5.76. The van der Waals surface area contributed by atoms with Crippen LogP contribution in [-0.2, 0) is 22.4 Å². The van der Waals surface area contributed by atoms with E-state index < -0.39 is 23.3 Å². The van der Waals surface area contributed by atoms with Crippen molar-refractivity contribution >= 4 is 17.8 Å². The maximum Gasteiger partial charge on any atom is 0.322 e. The maximum atomic E-state index is 14.3. The first-order valence-corrected chi connectivity index (χ1v) is 10.6. The molecule has 2 heterocycles. The number of amides is 4. The Hall–Kier alpha value is -3.22. The highest BCUT2D eigenvalue weighted by atomic mass is 19.1. The van der Waals surface area contributed by atoms with Crippen LogP contribution in [0.25, 0.3) is 0 Å². The Morgan fingerprint density at radius 1 is 1.13 bits per heavy atom. The molecule has 0 bridgehead atoms. The molecule has 7 heteroatoms. The number of benzene rings is 2. The first-order chi connectivity index (χ1) is 14.9. The molecule has 2 aliphatic rings. The van der Waals surface area contributed by atoms with Crippen molar-refractivity contribution in [2.45, 2.75) is 38.1 Å². The Labute approximate surface area is 180 Å². The highest BCUT2D eigenvalue weighted by molar-refractivity contribution is 6.07. The van der Waals surface area contributed by atoms with Crippen LogP contribution in [0.2, 0.25) is 0 Å². The molecular weight excluding hydrogens is 397 g/mol. The zero-order chi connectivity index (χ0) is 22.0. The lowest BCUT2D eigenvalue weighted by atomic mass is 9.74. The summed E-state index contributed by atoms with van der Waals surface area (Å²) in [5, 5.41) is 5.11. The number of aryl methyl sites for hydroxylation is 1. The van der Waals surface area contributed by atoms with Gasteiger partial charge in [-0.05, 0) is 42.9 Å². The van der Waals surface area contributed by atoms with E-state index in [1.54, 1.807) is 18.2 Å². The molecule has 4 rings (SSSR count). The smallest absolute Gasteiger partial charge is 0.322 e. The van der Waals surface area contributed by atoms with E-state index in [0.717, 1.165) is 11.1 Å². The van der Waals surface area contributed by atoms with Gasteiger partial charge in [-0.3, -0.25) is 14.9 Å². The minimum Gasteiger partial charge on any atom is -0.342 e. The van der Waals surface area contributed by atoms with E-state index in [9.17, 15) is 18.8 Å². The molecule has 2 aliphatic heterocycles. The lowest BCUT2D eigenvalue weighted by molar-refractivity contribution is -0.133. The van der Waals surface area contributed by atoms with E-state index in [-0.39, 0.29) is 18.2 Å². The molecule has 0 aromatic heterocycles. The minimum atomic E-state index is -1.20. The van der Waals surface area contributed by atoms with Crippen LogP contribution in [0.1, 0.15) is 29.5 Å². The van der Waals surface area contributed by atoms with Crippen LogP contribution in [0.15, 0.2) is 48.5 Å². The number of nitrogens with one attached hydrogen (secondary N) is 2. The van der Waals surface area contributed by atoms with Gasteiger partial charge < -0.3 is 10.2 Å². The fourth-order valence-electron chi connectivity index (χ4n) is 4.73. The molecule has 0 spiro atoms. The highest BCUT2D eigenvalue weighted by Crippen LogP contribution is 2.34. The van der Waals surface area contributed by atoms with Crippen molar-refractivity contribution in [3.8, 4) is 0 Å². The van der Waals surface area contributed by atoms with Gasteiger partial charge in [0, 0.05) is 19.5 Å². The second kappa shape index (κ2) is 8.49. The predicted molar refractivity (Wildman–Crippen MR) is 114 cm³/mol. The molecule has 1 atom stereocenters. The van der Waals surface area contributed by atoms with Gasteiger partial charge in [0.05, 0.1) is 6.42 Å². The van der Waals surface area contributed by atoms with Crippen molar-refractivity contribution in [2.24, 2.45) is 5.92 Å². The monoisotopic (exact) mass is 423 g/mol. The summed E-state index contributed by atoms with van der Waals surface area (Å²) in [6.45, 7) is 2.99. The molecule has 6 nitrogen and oxygen atoms in total. The van der Waals surface area contributed by atoms with Crippen molar-refractivity contribution in [1.29, 1.82) is 0 Å². The minimum absolute atomic E-state index is 0.0483.